The lowest BCUT2D eigenvalue weighted by atomic mass is 10.1. The van der Waals surface area contributed by atoms with Gasteiger partial charge in [-0.1, -0.05) is 72.8 Å². The highest BCUT2D eigenvalue weighted by Crippen LogP contribution is 2.23. The molecule has 46 heavy (non-hydrogen) atoms. The van der Waals surface area contributed by atoms with Crippen LogP contribution in [0.4, 0.5) is 5.69 Å². The number of phenolic OH excluding ortho intramolecular Hbond substituents is 1. The van der Waals surface area contributed by atoms with Crippen LogP contribution in [0.3, 0.4) is 0 Å². The van der Waals surface area contributed by atoms with Crippen molar-refractivity contribution in [3.63, 3.8) is 0 Å². The van der Waals surface area contributed by atoms with Crippen LogP contribution < -0.4 is 10.7 Å². The van der Waals surface area contributed by atoms with Gasteiger partial charge in [-0.2, -0.15) is 5.10 Å². The minimum Gasteiger partial charge on any atom is -0.506 e. The Hall–Kier alpha value is -5.25. The molecule has 1 heterocycles. The molecule has 240 valence electrons. The van der Waals surface area contributed by atoms with Crippen LogP contribution in [0.5, 0.6) is 5.75 Å². The predicted octanol–water partition coefficient (Wildman–Crippen LogP) is 5.78. The molecule has 0 radical (unpaired) electrons. The van der Waals surface area contributed by atoms with Crippen molar-refractivity contribution in [1.82, 2.24) is 10.3 Å². The van der Waals surface area contributed by atoms with Crippen molar-refractivity contribution in [2.45, 2.75) is 64.0 Å². The van der Waals surface area contributed by atoms with E-state index in [2.05, 4.69) is 15.8 Å². The normalized spacial score (nSPS) is 16.6. The second-order valence-electron chi connectivity index (χ2n) is 11.0. The zero-order valence-electron chi connectivity index (χ0n) is 25.8. The van der Waals surface area contributed by atoms with Gasteiger partial charge in [0.2, 0.25) is 17.7 Å². The van der Waals surface area contributed by atoms with Gasteiger partial charge in [-0.05, 0) is 60.6 Å². The summed E-state index contributed by atoms with van der Waals surface area (Å²) in [6.07, 6.45) is 8.04. The highest BCUT2D eigenvalue weighted by atomic mass is 16.5. The number of hydrogen-bond donors (Lipinski definition) is 3. The summed E-state index contributed by atoms with van der Waals surface area (Å²) in [6, 6.07) is 23.5. The van der Waals surface area contributed by atoms with E-state index in [0.29, 0.717) is 44.3 Å². The van der Waals surface area contributed by atoms with E-state index in [9.17, 15) is 24.3 Å². The number of benzene rings is 3. The molecule has 0 saturated carbocycles. The fraction of sp³-hybridized carbons (Fsp3) is 0.306. The second-order valence-corrected chi connectivity index (χ2v) is 11.0. The molecule has 1 aliphatic rings. The van der Waals surface area contributed by atoms with E-state index in [1.54, 1.807) is 29.3 Å². The second kappa shape index (κ2) is 17.9. The van der Waals surface area contributed by atoms with E-state index < -0.39 is 6.10 Å². The number of anilines is 1. The minimum atomic E-state index is -0.590. The van der Waals surface area contributed by atoms with Gasteiger partial charge in [0.25, 0.3) is 0 Å². The van der Waals surface area contributed by atoms with Crippen LogP contribution in [0.2, 0.25) is 0 Å². The number of unbranched alkanes of at least 4 members (excludes halogenated alkanes) is 1. The first-order chi connectivity index (χ1) is 22.4. The van der Waals surface area contributed by atoms with Crippen LogP contribution in [-0.4, -0.2) is 46.5 Å². The largest absolute Gasteiger partial charge is 0.506 e. The number of amides is 3. The standard InChI is InChI=1S/C36H40N4O6/c41-31-18-9-8-17-30(31)38-33(42)19-10-11-20-34(43)39-37-24-27-13-12-14-28(23-27)25-40-26-32(29-15-4-3-5-16-29)46-36(45)22-7-2-1-6-21-35(40)44/h1-5,8-9,12-18,23-24,32,41H,6-7,10-11,19-22,25-26H2,(H,38,42)(H,39,43)/b2-1+,37-24+/t32-/m0/s1. The van der Waals surface area contributed by atoms with Gasteiger partial charge < -0.3 is 20.1 Å². The van der Waals surface area contributed by atoms with Crippen LogP contribution in [0.1, 0.15) is 74.2 Å². The number of carbonyl (C=O) groups is 4. The first-order valence-corrected chi connectivity index (χ1v) is 15.5. The molecule has 3 N–H and O–H groups in total. The number of hydrogen-bond acceptors (Lipinski definition) is 7. The SMILES string of the molecule is O=C(CCCCC(=O)Nc1ccccc1O)N/N=C/c1cccc(CN2C[C@@H](c3ccccc3)OC(=O)CC/C=C/CCC2=O)c1. The number of esters is 1. The summed E-state index contributed by atoms with van der Waals surface area (Å²) < 4.78 is 5.84. The summed E-state index contributed by atoms with van der Waals surface area (Å²) in [5.74, 6) is -0.843. The molecule has 3 aromatic carbocycles. The maximum absolute atomic E-state index is 13.3. The number of cyclic esters (lactones) is 1. The van der Waals surface area contributed by atoms with Gasteiger partial charge in [-0.15, -0.1) is 0 Å². The average Bonchev–Trinajstić information content (AvgIpc) is 3.05. The van der Waals surface area contributed by atoms with Gasteiger partial charge in [0.05, 0.1) is 18.4 Å². The molecule has 3 amide bonds. The average molecular weight is 625 g/mol. The van der Waals surface area contributed by atoms with Crippen molar-refractivity contribution < 1.29 is 29.0 Å². The first-order valence-electron chi connectivity index (χ1n) is 15.5. The number of rotatable bonds is 11. The quantitative estimate of drug-likeness (QED) is 0.0617. The van der Waals surface area contributed by atoms with Crippen molar-refractivity contribution in [2.75, 3.05) is 11.9 Å². The number of nitrogens with one attached hydrogen (secondary N) is 2. The summed E-state index contributed by atoms with van der Waals surface area (Å²) in [4.78, 5) is 52.0. The Kier molecular flexibility index (Phi) is 13.1. The fourth-order valence-corrected chi connectivity index (χ4v) is 4.94. The van der Waals surface area contributed by atoms with Gasteiger partial charge >= 0.3 is 5.97 Å². The highest BCUT2D eigenvalue weighted by Gasteiger charge is 2.24. The van der Waals surface area contributed by atoms with Crippen LogP contribution in [0.15, 0.2) is 96.1 Å². The number of nitrogens with zero attached hydrogens (tertiary/aromatic N) is 2. The number of aromatic hydroxyl groups is 1. The van der Waals surface area contributed by atoms with Crippen LogP contribution in [0.25, 0.3) is 0 Å². The van der Waals surface area contributed by atoms with Gasteiger partial charge in [0, 0.05) is 32.2 Å². The van der Waals surface area contributed by atoms with E-state index in [1.807, 2.05) is 66.7 Å². The molecule has 0 unspecified atom stereocenters. The van der Waals surface area contributed by atoms with E-state index in [-0.39, 0.29) is 55.2 Å². The molecule has 3 aromatic rings. The molecule has 0 fully saturated rings. The molecule has 10 nitrogen and oxygen atoms in total. The third-order valence-corrected chi connectivity index (χ3v) is 7.35. The van der Waals surface area contributed by atoms with E-state index >= 15 is 0 Å². The molecule has 1 atom stereocenters. The molecule has 0 saturated heterocycles. The van der Waals surface area contributed by atoms with Crippen LogP contribution >= 0.6 is 0 Å². The van der Waals surface area contributed by atoms with E-state index in [0.717, 1.165) is 16.7 Å². The van der Waals surface area contributed by atoms with E-state index in [4.69, 9.17) is 4.74 Å². The van der Waals surface area contributed by atoms with Crippen LogP contribution in [-0.2, 0) is 30.5 Å². The lowest BCUT2D eigenvalue weighted by molar-refractivity contribution is -0.152. The Morgan fingerprint density at radius 3 is 2.39 bits per heavy atom. The summed E-state index contributed by atoms with van der Waals surface area (Å²) in [5, 5.41) is 16.5. The maximum atomic E-state index is 13.3. The van der Waals surface area contributed by atoms with Gasteiger partial charge in [-0.25, -0.2) is 5.43 Å². The Morgan fingerprint density at radius 2 is 1.61 bits per heavy atom. The Bertz CT molecular complexity index is 1540. The molecular formula is C36H40N4O6. The van der Waals surface area contributed by atoms with Gasteiger partial charge in [0.1, 0.15) is 11.9 Å². The van der Waals surface area contributed by atoms with Crippen molar-refractivity contribution in [2.24, 2.45) is 5.10 Å². The third kappa shape index (κ3) is 11.4. The highest BCUT2D eigenvalue weighted by molar-refractivity contribution is 5.92. The zero-order chi connectivity index (χ0) is 32.6. The molecule has 4 rings (SSSR count). The van der Waals surface area contributed by atoms with Crippen LogP contribution in [0, 0.1) is 0 Å². The lowest BCUT2D eigenvalue weighted by Crippen LogP contribution is -2.35. The number of carbonyl (C=O) groups excluding carboxylic acids is 4. The fourth-order valence-electron chi connectivity index (χ4n) is 4.94. The van der Waals surface area contributed by atoms with Gasteiger partial charge in [0.15, 0.2) is 0 Å². The predicted molar refractivity (Wildman–Crippen MR) is 176 cm³/mol. The number of allylic oxidation sites excluding steroid dienone is 2. The Labute approximate surface area is 269 Å². The number of para-hydroxylation sites is 2. The third-order valence-electron chi connectivity index (χ3n) is 7.35. The van der Waals surface area contributed by atoms with Crippen molar-refractivity contribution >= 4 is 35.6 Å². The monoisotopic (exact) mass is 624 g/mol. The lowest BCUT2D eigenvalue weighted by Gasteiger charge is -2.28. The first kappa shape index (κ1) is 33.6. The van der Waals surface area contributed by atoms with E-state index in [1.165, 1.54) is 6.07 Å². The summed E-state index contributed by atoms with van der Waals surface area (Å²) in [6.45, 7) is 0.540. The number of ether oxygens (including phenoxy) is 1. The maximum Gasteiger partial charge on any atom is 0.306 e. The van der Waals surface area contributed by atoms with Gasteiger partial charge in [-0.3, -0.25) is 19.2 Å². The smallest absolute Gasteiger partial charge is 0.306 e. The minimum absolute atomic E-state index is 0.00242. The van der Waals surface area contributed by atoms with Crippen molar-refractivity contribution in [3.05, 3.63) is 108 Å². The van der Waals surface area contributed by atoms with Crippen molar-refractivity contribution in [3.8, 4) is 5.75 Å². The molecular weight excluding hydrogens is 584 g/mol. The molecule has 1 aliphatic heterocycles. The Morgan fingerprint density at radius 1 is 0.891 bits per heavy atom. The molecule has 0 aromatic heterocycles. The molecule has 0 aliphatic carbocycles. The number of phenols is 1. The summed E-state index contributed by atoms with van der Waals surface area (Å²) in [5.41, 5.74) is 5.31. The number of hydrazone groups is 1. The molecule has 0 spiro atoms. The molecule has 0 bridgehead atoms. The summed E-state index contributed by atoms with van der Waals surface area (Å²) in [7, 11) is 0. The topological polar surface area (TPSA) is 137 Å². The molecule has 10 heteroatoms. The van der Waals surface area contributed by atoms with Crippen molar-refractivity contribution in [1.29, 1.82) is 0 Å². The summed E-state index contributed by atoms with van der Waals surface area (Å²) >= 11 is 0. The zero-order valence-corrected chi connectivity index (χ0v) is 25.8. The Balaban J connectivity index is 1.30.